The molecule has 9 heteroatoms. The van der Waals surface area contributed by atoms with E-state index in [4.69, 9.17) is 5.26 Å². The molecule has 5 nitrogen and oxygen atoms in total. The number of allylic oxidation sites excluding steroid dienone is 1. The standard InChI is InChI=1S/C29H23F4N3O2.C2H6/c1-18-27(28(38)35-14-13-21-5-2-3-8-25(21)30)24(20-11-9-19(17-34)10-12-20)16-26(37)36(18)23-7-4-6-22(15-23)29(31,32)33;1-2/h2-12,15,24H,13-14,16H2,1H3,(H,35,38);1-2H3. The summed E-state index contributed by atoms with van der Waals surface area (Å²) in [6.45, 7) is 5.62. The maximum absolute atomic E-state index is 14.0. The van der Waals surface area contributed by atoms with E-state index in [1.165, 1.54) is 25.1 Å². The number of carbonyl (C=O) groups excluding carboxylic acids is 2. The van der Waals surface area contributed by atoms with Gasteiger partial charge in [-0.2, -0.15) is 18.4 Å². The van der Waals surface area contributed by atoms with Crippen LogP contribution in [-0.4, -0.2) is 18.4 Å². The summed E-state index contributed by atoms with van der Waals surface area (Å²) in [5.41, 5.74) is 0.917. The van der Waals surface area contributed by atoms with Crippen LogP contribution in [-0.2, 0) is 22.2 Å². The third-order valence-electron chi connectivity index (χ3n) is 6.46. The largest absolute Gasteiger partial charge is 0.416 e. The molecular formula is C31H29F4N3O2. The Morgan fingerprint density at radius 3 is 2.35 bits per heavy atom. The molecule has 0 bridgehead atoms. The number of hydrogen-bond donors (Lipinski definition) is 1. The van der Waals surface area contributed by atoms with E-state index in [1.54, 1.807) is 42.5 Å². The topological polar surface area (TPSA) is 73.2 Å². The number of rotatable bonds is 6. The maximum atomic E-state index is 14.0. The second-order valence-corrected chi connectivity index (χ2v) is 8.86. The lowest BCUT2D eigenvalue weighted by Gasteiger charge is -2.35. The molecule has 1 N–H and O–H groups in total. The number of nitrogens with zero attached hydrogens (tertiary/aromatic N) is 2. The van der Waals surface area contributed by atoms with Gasteiger partial charge in [-0.05, 0) is 60.9 Å². The quantitative estimate of drug-likeness (QED) is 0.339. The summed E-state index contributed by atoms with van der Waals surface area (Å²) >= 11 is 0. The predicted molar refractivity (Wildman–Crippen MR) is 145 cm³/mol. The molecular weight excluding hydrogens is 522 g/mol. The van der Waals surface area contributed by atoms with Crippen molar-refractivity contribution in [3.63, 3.8) is 0 Å². The number of carbonyl (C=O) groups is 2. The molecule has 0 saturated carbocycles. The Bertz CT molecular complexity index is 1440. The van der Waals surface area contributed by atoms with Gasteiger partial charge in [-0.25, -0.2) is 4.39 Å². The second-order valence-electron chi connectivity index (χ2n) is 8.86. The highest BCUT2D eigenvalue weighted by atomic mass is 19.4. The smallest absolute Gasteiger partial charge is 0.352 e. The Kier molecular flexibility index (Phi) is 9.83. The molecule has 208 valence electrons. The first-order valence-electron chi connectivity index (χ1n) is 12.8. The van der Waals surface area contributed by atoms with Gasteiger partial charge in [0.05, 0.1) is 17.2 Å². The number of alkyl halides is 3. The number of amides is 2. The molecule has 0 aliphatic carbocycles. The van der Waals surface area contributed by atoms with Gasteiger partial charge in [0, 0.05) is 35.8 Å². The zero-order valence-electron chi connectivity index (χ0n) is 22.3. The molecule has 1 aliphatic heterocycles. The molecule has 0 spiro atoms. The van der Waals surface area contributed by atoms with Gasteiger partial charge in [0.1, 0.15) is 5.82 Å². The Morgan fingerprint density at radius 1 is 1.05 bits per heavy atom. The first-order chi connectivity index (χ1) is 19.1. The van der Waals surface area contributed by atoms with Crippen molar-refractivity contribution in [3.05, 3.63) is 112 Å². The van der Waals surface area contributed by atoms with Crippen molar-refractivity contribution in [1.82, 2.24) is 5.32 Å². The first-order valence-corrected chi connectivity index (χ1v) is 12.8. The molecule has 4 rings (SSSR count). The normalized spacial score (nSPS) is 15.2. The van der Waals surface area contributed by atoms with Crippen molar-refractivity contribution >= 4 is 17.5 Å². The van der Waals surface area contributed by atoms with Gasteiger partial charge in [0.25, 0.3) is 0 Å². The Labute approximate surface area is 230 Å². The average molecular weight is 552 g/mol. The van der Waals surface area contributed by atoms with Crippen LogP contribution in [0.15, 0.2) is 84.1 Å². The molecule has 2 amide bonds. The molecule has 0 fully saturated rings. The van der Waals surface area contributed by atoms with Crippen molar-refractivity contribution in [3.8, 4) is 6.07 Å². The predicted octanol–water partition coefficient (Wildman–Crippen LogP) is 6.90. The third kappa shape index (κ3) is 6.75. The van der Waals surface area contributed by atoms with E-state index in [-0.39, 0.29) is 36.3 Å². The van der Waals surface area contributed by atoms with Gasteiger partial charge >= 0.3 is 6.18 Å². The summed E-state index contributed by atoms with van der Waals surface area (Å²) in [5, 5.41) is 11.9. The van der Waals surface area contributed by atoms with Crippen molar-refractivity contribution in [2.24, 2.45) is 0 Å². The minimum absolute atomic E-state index is 0.00254. The molecule has 1 atom stereocenters. The van der Waals surface area contributed by atoms with Crippen LogP contribution in [0.5, 0.6) is 0 Å². The molecule has 0 radical (unpaired) electrons. The van der Waals surface area contributed by atoms with E-state index in [0.29, 0.717) is 16.7 Å². The van der Waals surface area contributed by atoms with E-state index in [0.717, 1.165) is 17.0 Å². The van der Waals surface area contributed by atoms with Crippen molar-refractivity contribution in [2.45, 2.75) is 45.7 Å². The van der Waals surface area contributed by atoms with E-state index in [1.807, 2.05) is 19.9 Å². The zero-order chi connectivity index (χ0) is 29.4. The van der Waals surface area contributed by atoms with Crippen molar-refractivity contribution < 1.29 is 27.2 Å². The van der Waals surface area contributed by atoms with Crippen molar-refractivity contribution in [2.75, 3.05) is 11.4 Å². The number of halogens is 4. The third-order valence-corrected chi connectivity index (χ3v) is 6.46. The number of nitrogens with one attached hydrogen (secondary N) is 1. The van der Waals surface area contributed by atoms with Crippen LogP contribution in [0.25, 0.3) is 0 Å². The lowest BCUT2D eigenvalue weighted by molar-refractivity contribution is -0.137. The van der Waals surface area contributed by atoms with Crippen LogP contribution in [0, 0.1) is 17.1 Å². The van der Waals surface area contributed by atoms with Crippen LogP contribution in [0.1, 0.15) is 55.4 Å². The highest BCUT2D eigenvalue weighted by Crippen LogP contribution is 2.40. The highest BCUT2D eigenvalue weighted by Gasteiger charge is 2.38. The highest BCUT2D eigenvalue weighted by molar-refractivity contribution is 6.06. The fourth-order valence-corrected chi connectivity index (χ4v) is 4.59. The first kappa shape index (κ1) is 30.1. The van der Waals surface area contributed by atoms with E-state index in [9.17, 15) is 27.2 Å². The van der Waals surface area contributed by atoms with Gasteiger partial charge < -0.3 is 5.32 Å². The number of benzene rings is 3. The number of anilines is 1. The minimum Gasteiger partial charge on any atom is -0.352 e. The van der Waals surface area contributed by atoms with E-state index in [2.05, 4.69) is 5.32 Å². The molecule has 0 aromatic heterocycles. The van der Waals surface area contributed by atoms with Crippen LogP contribution in [0.2, 0.25) is 0 Å². The molecule has 1 heterocycles. The Morgan fingerprint density at radius 2 is 1.73 bits per heavy atom. The molecule has 40 heavy (non-hydrogen) atoms. The summed E-state index contributed by atoms with van der Waals surface area (Å²) in [6, 6.07) is 19.0. The van der Waals surface area contributed by atoms with Gasteiger partial charge in [0.2, 0.25) is 11.8 Å². The fourth-order valence-electron chi connectivity index (χ4n) is 4.59. The van der Waals surface area contributed by atoms with Crippen LogP contribution >= 0.6 is 0 Å². The minimum atomic E-state index is -4.61. The van der Waals surface area contributed by atoms with E-state index >= 15 is 0 Å². The Hall–Kier alpha value is -4.45. The zero-order valence-corrected chi connectivity index (χ0v) is 22.3. The molecule has 1 aliphatic rings. The molecule has 3 aromatic carbocycles. The van der Waals surface area contributed by atoms with Crippen LogP contribution in [0.4, 0.5) is 23.2 Å². The SMILES string of the molecule is CC.CC1=C(C(=O)NCCc2ccccc2F)C(c2ccc(C#N)cc2)CC(=O)N1c1cccc(C(F)(F)F)c1. The summed E-state index contributed by atoms with van der Waals surface area (Å²) in [5.74, 6) is -2.07. The summed E-state index contributed by atoms with van der Waals surface area (Å²) in [4.78, 5) is 27.9. The van der Waals surface area contributed by atoms with E-state index < -0.39 is 35.3 Å². The van der Waals surface area contributed by atoms with Gasteiger partial charge in [-0.1, -0.05) is 50.2 Å². The molecule has 0 saturated heterocycles. The Balaban J connectivity index is 0.00000216. The van der Waals surface area contributed by atoms with Crippen LogP contribution < -0.4 is 10.2 Å². The second kappa shape index (κ2) is 13.1. The average Bonchev–Trinajstić information content (AvgIpc) is 2.94. The van der Waals surface area contributed by atoms with Crippen LogP contribution in [0.3, 0.4) is 0 Å². The van der Waals surface area contributed by atoms with Crippen molar-refractivity contribution in [1.29, 1.82) is 5.26 Å². The fraction of sp³-hybridized carbons (Fsp3) is 0.258. The maximum Gasteiger partial charge on any atom is 0.416 e. The molecule has 1 unspecified atom stereocenters. The number of nitriles is 1. The lowest BCUT2D eigenvalue weighted by atomic mass is 9.82. The van der Waals surface area contributed by atoms with Gasteiger partial charge in [-0.3, -0.25) is 14.5 Å². The monoisotopic (exact) mass is 551 g/mol. The van der Waals surface area contributed by atoms with Gasteiger partial charge in [0.15, 0.2) is 0 Å². The molecule has 3 aromatic rings. The number of hydrogen-bond acceptors (Lipinski definition) is 3. The summed E-state index contributed by atoms with van der Waals surface area (Å²) in [7, 11) is 0. The summed E-state index contributed by atoms with van der Waals surface area (Å²) < 4.78 is 54.1. The summed E-state index contributed by atoms with van der Waals surface area (Å²) in [6.07, 6.45) is -4.55. The lowest BCUT2D eigenvalue weighted by Crippen LogP contribution is -2.41. The van der Waals surface area contributed by atoms with Gasteiger partial charge in [-0.15, -0.1) is 0 Å².